The van der Waals surface area contributed by atoms with Crippen LogP contribution in [-0.4, -0.2) is 12.5 Å². The maximum atomic E-state index is 11.4. The molecule has 1 fully saturated rings. The lowest BCUT2D eigenvalue weighted by molar-refractivity contribution is -0.120. The minimum Gasteiger partial charge on any atom is -0.368 e. The largest absolute Gasteiger partial charge is 0.368 e. The number of carbonyl (C=O) groups excluding carboxylic acids is 1. The molecule has 1 aliphatic rings. The van der Waals surface area contributed by atoms with Gasteiger partial charge >= 0.3 is 0 Å². The van der Waals surface area contributed by atoms with Crippen molar-refractivity contribution in [2.75, 3.05) is 6.54 Å². The van der Waals surface area contributed by atoms with E-state index in [2.05, 4.69) is 21.2 Å². The van der Waals surface area contributed by atoms with Crippen molar-refractivity contribution < 1.29 is 4.79 Å². The van der Waals surface area contributed by atoms with E-state index < -0.39 is 6.04 Å². The Balaban J connectivity index is 2.12. The Morgan fingerprint density at radius 3 is 2.82 bits per heavy atom. The Labute approximate surface area is 114 Å². The van der Waals surface area contributed by atoms with Crippen molar-refractivity contribution in [1.82, 2.24) is 5.32 Å². The number of hydrogen-bond donors (Lipinski definition) is 2. The number of nitrogens with two attached hydrogens (primary N) is 1. The predicted molar refractivity (Wildman–Crippen MR) is 71.8 cm³/mol. The molecular formula is C12H14BrClN2O. The summed E-state index contributed by atoms with van der Waals surface area (Å²) < 4.78 is 0.774. The number of benzene rings is 1. The second-order valence-corrected chi connectivity index (χ2v) is 5.62. The number of halogens is 2. The van der Waals surface area contributed by atoms with Crippen LogP contribution in [0.1, 0.15) is 24.4 Å². The number of carbonyl (C=O) groups is 1. The first kappa shape index (κ1) is 12.9. The molecular weight excluding hydrogens is 304 g/mol. The molecule has 3 N–H and O–H groups in total. The molecule has 92 valence electrons. The van der Waals surface area contributed by atoms with Gasteiger partial charge < -0.3 is 11.1 Å². The lowest BCUT2D eigenvalue weighted by atomic mass is 10.1. The summed E-state index contributed by atoms with van der Waals surface area (Å²) in [5.41, 5.74) is 6.26. The van der Waals surface area contributed by atoms with E-state index in [1.54, 1.807) is 6.07 Å². The number of hydrogen-bond acceptors (Lipinski definition) is 2. The summed E-state index contributed by atoms with van der Waals surface area (Å²) in [5.74, 6) is 0.340. The third kappa shape index (κ3) is 3.44. The third-order valence-electron chi connectivity index (χ3n) is 2.87. The Morgan fingerprint density at radius 2 is 2.29 bits per heavy atom. The van der Waals surface area contributed by atoms with Crippen LogP contribution in [0.4, 0.5) is 0 Å². The van der Waals surface area contributed by atoms with Gasteiger partial charge in [0.05, 0.1) is 5.02 Å². The van der Waals surface area contributed by atoms with E-state index in [0.29, 0.717) is 10.9 Å². The summed E-state index contributed by atoms with van der Waals surface area (Å²) in [6.45, 7) is 0.841. The molecule has 17 heavy (non-hydrogen) atoms. The minimum atomic E-state index is -0.441. The van der Waals surface area contributed by atoms with Crippen molar-refractivity contribution >= 4 is 33.4 Å². The first-order valence-corrected chi connectivity index (χ1v) is 6.72. The van der Waals surface area contributed by atoms with Gasteiger partial charge in [0.1, 0.15) is 6.04 Å². The SMILES string of the molecule is NC(=O)C(NCC1CC1)c1ccc(Cl)c(Br)c1. The van der Waals surface area contributed by atoms with Crippen LogP contribution < -0.4 is 11.1 Å². The van der Waals surface area contributed by atoms with Crippen molar-refractivity contribution in [3.05, 3.63) is 33.3 Å². The van der Waals surface area contributed by atoms with E-state index in [4.69, 9.17) is 17.3 Å². The fraction of sp³-hybridized carbons (Fsp3) is 0.417. The fourth-order valence-electron chi connectivity index (χ4n) is 1.68. The van der Waals surface area contributed by atoms with E-state index in [9.17, 15) is 4.79 Å². The Morgan fingerprint density at radius 1 is 1.59 bits per heavy atom. The van der Waals surface area contributed by atoms with Crippen LogP contribution in [-0.2, 0) is 4.79 Å². The van der Waals surface area contributed by atoms with E-state index in [1.807, 2.05) is 12.1 Å². The highest BCUT2D eigenvalue weighted by Crippen LogP contribution is 2.30. The Bertz CT molecular complexity index is 435. The zero-order valence-corrected chi connectivity index (χ0v) is 11.6. The lowest BCUT2D eigenvalue weighted by Crippen LogP contribution is -2.34. The molecule has 1 atom stereocenters. The summed E-state index contributed by atoms with van der Waals surface area (Å²) in [6, 6.07) is 4.97. The van der Waals surface area contributed by atoms with Gasteiger partial charge in [-0.15, -0.1) is 0 Å². The van der Waals surface area contributed by atoms with Crippen LogP contribution in [0.5, 0.6) is 0 Å². The molecule has 0 bridgehead atoms. The monoisotopic (exact) mass is 316 g/mol. The fourth-order valence-corrected chi connectivity index (χ4v) is 2.20. The normalized spacial score (nSPS) is 16.8. The van der Waals surface area contributed by atoms with Gasteiger partial charge in [0.2, 0.25) is 5.91 Å². The molecule has 1 aliphatic carbocycles. The third-order valence-corrected chi connectivity index (χ3v) is 4.08. The standard InChI is InChI=1S/C12H14BrClN2O/c13-9-5-8(3-4-10(9)14)11(12(15)17)16-6-7-1-2-7/h3-5,7,11,16H,1-2,6H2,(H2,15,17). The van der Waals surface area contributed by atoms with Gasteiger partial charge in [0, 0.05) is 4.47 Å². The van der Waals surface area contributed by atoms with Gasteiger partial charge in [-0.2, -0.15) is 0 Å². The van der Waals surface area contributed by atoms with Gasteiger partial charge in [0.25, 0.3) is 0 Å². The van der Waals surface area contributed by atoms with Crippen LogP contribution in [0, 0.1) is 5.92 Å². The van der Waals surface area contributed by atoms with Gasteiger partial charge in [-0.3, -0.25) is 4.79 Å². The molecule has 1 amide bonds. The molecule has 0 aliphatic heterocycles. The van der Waals surface area contributed by atoms with Crippen LogP contribution in [0.15, 0.2) is 22.7 Å². The Kier molecular flexibility index (Phi) is 4.07. The number of rotatable bonds is 5. The molecule has 0 heterocycles. The molecule has 0 spiro atoms. The second-order valence-electron chi connectivity index (χ2n) is 4.36. The zero-order chi connectivity index (χ0) is 12.4. The summed E-state index contributed by atoms with van der Waals surface area (Å²) in [6.07, 6.45) is 2.48. The molecule has 2 rings (SSSR count). The average molecular weight is 318 g/mol. The van der Waals surface area contributed by atoms with Crippen LogP contribution in [0.25, 0.3) is 0 Å². The van der Waals surface area contributed by atoms with E-state index in [1.165, 1.54) is 12.8 Å². The molecule has 1 aromatic rings. The first-order chi connectivity index (χ1) is 8.08. The van der Waals surface area contributed by atoms with Crippen LogP contribution in [0.3, 0.4) is 0 Å². The highest BCUT2D eigenvalue weighted by atomic mass is 79.9. The van der Waals surface area contributed by atoms with Gasteiger partial charge in [-0.1, -0.05) is 17.7 Å². The van der Waals surface area contributed by atoms with Crippen molar-refractivity contribution in [2.24, 2.45) is 11.7 Å². The smallest absolute Gasteiger partial charge is 0.239 e. The molecule has 1 unspecified atom stereocenters. The summed E-state index contributed by atoms with van der Waals surface area (Å²) in [7, 11) is 0. The Hall–Kier alpha value is -0.580. The summed E-state index contributed by atoms with van der Waals surface area (Å²) in [5, 5.41) is 3.83. The second kappa shape index (κ2) is 5.38. The van der Waals surface area contributed by atoms with Gasteiger partial charge in [-0.05, 0) is 58.9 Å². The predicted octanol–water partition coefficient (Wildman–Crippen LogP) is 2.63. The van der Waals surface area contributed by atoms with Gasteiger partial charge in [0.15, 0.2) is 0 Å². The first-order valence-electron chi connectivity index (χ1n) is 5.55. The van der Waals surface area contributed by atoms with Crippen molar-refractivity contribution in [3.63, 3.8) is 0 Å². The summed E-state index contributed by atoms with van der Waals surface area (Å²) in [4.78, 5) is 11.4. The molecule has 0 aromatic heterocycles. The molecule has 1 saturated carbocycles. The molecule has 3 nitrogen and oxygen atoms in total. The zero-order valence-electron chi connectivity index (χ0n) is 9.25. The molecule has 1 aromatic carbocycles. The van der Waals surface area contributed by atoms with Crippen molar-refractivity contribution in [1.29, 1.82) is 0 Å². The maximum absolute atomic E-state index is 11.4. The highest BCUT2D eigenvalue weighted by molar-refractivity contribution is 9.10. The molecule has 5 heteroatoms. The van der Waals surface area contributed by atoms with Crippen molar-refractivity contribution in [3.8, 4) is 0 Å². The topological polar surface area (TPSA) is 55.1 Å². The van der Waals surface area contributed by atoms with Gasteiger partial charge in [-0.25, -0.2) is 0 Å². The van der Waals surface area contributed by atoms with E-state index in [-0.39, 0.29) is 5.91 Å². The van der Waals surface area contributed by atoms with Crippen molar-refractivity contribution in [2.45, 2.75) is 18.9 Å². The number of primary amides is 1. The van der Waals surface area contributed by atoms with E-state index >= 15 is 0 Å². The van der Waals surface area contributed by atoms with Crippen LogP contribution in [0.2, 0.25) is 5.02 Å². The van der Waals surface area contributed by atoms with Crippen LogP contribution >= 0.6 is 27.5 Å². The maximum Gasteiger partial charge on any atom is 0.239 e. The average Bonchev–Trinajstić information content (AvgIpc) is 3.07. The minimum absolute atomic E-state index is 0.361. The number of amides is 1. The van der Waals surface area contributed by atoms with E-state index in [0.717, 1.165) is 16.6 Å². The highest BCUT2D eigenvalue weighted by Gasteiger charge is 2.25. The summed E-state index contributed by atoms with van der Waals surface area (Å²) >= 11 is 9.26. The number of nitrogens with one attached hydrogen (secondary N) is 1. The quantitative estimate of drug-likeness (QED) is 0.877. The lowest BCUT2D eigenvalue weighted by Gasteiger charge is -2.16. The molecule has 0 radical (unpaired) electrons. The molecule has 0 saturated heterocycles.